The second-order valence-corrected chi connectivity index (χ2v) is 17.5. The molecule has 3 atom stereocenters. The number of ether oxygens (including phenoxy) is 3. The van der Waals surface area contributed by atoms with E-state index < -0.39 is 24.2 Å². The Morgan fingerprint density at radius 3 is 2.29 bits per heavy atom. The van der Waals surface area contributed by atoms with Gasteiger partial charge < -0.3 is 44.9 Å². The molecule has 0 aliphatic carbocycles. The summed E-state index contributed by atoms with van der Waals surface area (Å²) >= 11 is 0. The largest absolute Gasteiger partial charge is 0.506 e. The number of amides is 2. The smallest absolute Gasteiger partial charge is 0.408 e. The molecule has 5 aromatic carbocycles. The third-order valence-electron chi connectivity index (χ3n) is 12.8. The van der Waals surface area contributed by atoms with E-state index in [9.17, 15) is 29.4 Å². The number of pyridine rings is 1. The minimum atomic E-state index is -0.899. The Morgan fingerprint density at radius 2 is 1.54 bits per heavy atom. The van der Waals surface area contributed by atoms with E-state index in [0.717, 1.165) is 54.7 Å². The van der Waals surface area contributed by atoms with Gasteiger partial charge in [-0.3, -0.25) is 14.5 Å². The molecule has 0 radical (unpaired) electrons. The predicted octanol–water partition coefficient (Wildman–Crippen LogP) is 7.05. The molecule has 3 aliphatic rings. The first-order valence-electron chi connectivity index (χ1n) is 23.5. The van der Waals surface area contributed by atoms with Crippen LogP contribution in [0.5, 0.6) is 11.5 Å². The summed E-state index contributed by atoms with van der Waals surface area (Å²) in [6, 6.07) is 39.6. The number of aliphatic hydroxyl groups excluding tert-OH is 1. The van der Waals surface area contributed by atoms with Crippen LogP contribution in [-0.2, 0) is 27.3 Å². The number of fused-ring (bicyclic) bond motifs is 4. The molecule has 0 saturated carbocycles. The first-order valence-corrected chi connectivity index (χ1v) is 23.5. The molecule has 1 unspecified atom stereocenters. The number of benzene rings is 5. The highest BCUT2D eigenvalue weighted by atomic mass is 16.6. The number of carbonyl (C=O) groups is 3. The number of hydrogen-bond acceptors (Lipinski definition) is 11. The fourth-order valence-corrected chi connectivity index (χ4v) is 9.07. The van der Waals surface area contributed by atoms with Crippen molar-refractivity contribution < 1.29 is 38.8 Å². The molecule has 6 aromatic rings. The molecule has 0 spiro atoms. The van der Waals surface area contributed by atoms with Gasteiger partial charge in [-0.1, -0.05) is 91.0 Å². The molecule has 2 bridgehead atoms. The standard InChI is InChI=1S/C54H59N5O9/c60-46-22-20-44(45-21-23-49(62)56-52(45)46)47(61)34-55-26-8-27-59(50(63)32-37-10-3-1-4-11-37)28-9-31-66-53(64)41-18-16-38(17-19-41)36-67-43-15-7-14-42(33-43)51(40-12-5-2-6-13-40)57-54(65)68-48-35-58-29-24-39(48)25-30-58/h1-7,10-23,33,39,47-48,51,55,60-61H,8-9,24-32,34-36H2,(H,56,62)(H,57,65)/t47-,48+,51?/m1/s1. The second-order valence-electron chi connectivity index (χ2n) is 17.5. The molecule has 9 rings (SSSR count). The number of phenolic OH excluding ortho intramolecular Hbond substituents is 1. The van der Waals surface area contributed by atoms with Crippen molar-refractivity contribution >= 4 is 28.9 Å². The van der Waals surface area contributed by atoms with Gasteiger partial charge in [-0.2, -0.15) is 0 Å². The average Bonchev–Trinajstić information content (AvgIpc) is 3.36. The van der Waals surface area contributed by atoms with Crippen LogP contribution in [0.2, 0.25) is 0 Å². The summed E-state index contributed by atoms with van der Waals surface area (Å²) in [5.41, 5.74) is 4.43. The minimum absolute atomic E-state index is 0.0381. The number of alkyl carbamates (subject to hydrolysis) is 1. The van der Waals surface area contributed by atoms with Gasteiger partial charge in [-0.25, -0.2) is 9.59 Å². The van der Waals surface area contributed by atoms with Crippen LogP contribution in [0.15, 0.2) is 138 Å². The molecule has 3 aliphatic heterocycles. The van der Waals surface area contributed by atoms with Crippen molar-refractivity contribution in [1.82, 2.24) is 25.4 Å². The van der Waals surface area contributed by atoms with Gasteiger partial charge in [0.15, 0.2) is 0 Å². The lowest BCUT2D eigenvalue weighted by atomic mass is 9.86. The summed E-state index contributed by atoms with van der Waals surface area (Å²) in [5, 5.41) is 28.1. The number of phenols is 1. The first-order chi connectivity index (χ1) is 33.2. The predicted molar refractivity (Wildman–Crippen MR) is 258 cm³/mol. The number of H-pyrrole nitrogens is 1. The van der Waals surface area contributed by atoms with Crippen LogP contribution in [0.25, 0.3) is 10.9 Å². The molecule has 14 heteroatoms. The Morgan fingerprint density at radius 1 is 0.809 bits per heavy atom. The number of aromatic nitrogens is 1. The van der Waals surface area contributed by atoms with Gasteiger partial charge in [0.25, 0.3) is 0 Å². The summed E-state index contributed by atoms with van der Waals surface area (Å²) in [4.78, 5) is 58.4. The summed E-state index contributed by atoms with van der Waals surface area (Å²) < 4.78 is 17.8. The van der Waals surface area contributed by atoms with E-state index in [4.69, 9.17) is 14.2 Å². The minimum Gasteiger partial charge on any atom is -0.506 e. The average molecular weight is 922 g/mol. The number of nitrogens with zero attached hydrogens (tertiary/aromatic N) is 2. The van der Waals surface area contributed by atoms with E-state index in [2.05, 4.69) is 20.5 Å². The van der Waals surface area contributed by atoms with Crippen molar-refractivity contribution in [3.63, 3.8) is 0 Å². The van der Waals surface area contributed by atoms with Crippen LogP contribution in [0.4, 0.5) is 4.79 Å². The molecule has 2 amide bonds. The van der Waals surface area contributed by atoms with Crippen molar-refractivity contribution in [1.29, 1.82) is 0 Å². The fraction of sp³-hybridized carbons (Fsp3) is 0.333. The Balaban J connectivity index is 0.796. The van der Waals surface area contributed by atoms with Crippen molar-refractivity contribution in [2.24, 2.45) is 5.92 Å². The molecule has 354 valence electrons. The van der Waals surface area contributed by atoms with Gasteiger partial charge >= 0.3 is 12.1 Å². The third kappa shape index (κ3) is 12.7. The summed E-state index contributed by atoms with van der Waals surface area (Å²) in [5.74, 6) is 0.461. The lowest BCUT2D eigenvalue weighted by molar-refractivity contribution is -0.130. The molecule has 5 N–H and O–H groups in total. The topological polar surface area (TPSA) is 183 Å². The maximum absolute atomic E-state index is 13.5. The Hall–Kier alpha value is -7.00. The van der Waals surface area contributed by atoms with Crippen LogP contribution in [-0.4, -0.2) is 101 Å². The Labute approximate surface area is 395 Å². The number of hydrogen-bond donors (Lipinski definition) is 5. The molecule has 14 nitrogen and oxygen atoms in total. The number of aromatic amines is 1. The highest BCUT2D eigenvalue weighted by molar-refractivity contribution is 5.89. The van der Waals surface area contributed by atoms with Crippen molar-refractivity contribution in [3.05, 3.63) is 177 Å². The lowest BCUT2D eigenvalue weighted by Gasteiger charge is -2.43. The molecular formula is C54H59N5O9. The lowest BCUT2D eigenvalue weighted by Crippen LogP contribution is -2.52. The molecule has 3 saturated heterocycles. The zero-order valence-corrected chi connectivity index (χ0v) is 38.1. The SMILES string of the molecule is O=C(NC(c1ccccc1)c1cccc(OCc2ccc(C(=O)OCCCN(CCCNC[C@@H](O)c3ccc(O)c4[nH]c(=O)ccc34)C(=O)Cc3ccccc3)cc2)c1)O[C@H]1CN2CCC1CC2. The number of aromatic hydroxyl groups is 1. The van der Waals surface area contributed by atoms with Gasteiger partial charge in [0.2, 0.25) is 11.5 Å². The van der Waals surface area contributed by atoms with Gasteiger partial charge in [-0.15, -0.1) is 0 Å². The maximum atomic E-state index is 13.5. The van der Waals surface area contributed by atoms with Crippen molar-refractivity contribution in [2.75, 3.05) is 52.4 Å². The highest BCUT2D eigenvalue weighted by Crippen LogP contribution is 2.32. The van der Waals surface area contributed by atoms with Gasteiger partial charge in [0.1, 0.15) is 24.2 Å². The number of piperidine rings is 3. The second kappa shape index (κ2) is 23.1. The molecular weight excluding hydrogens is 863 g/mol. The van der Waals surface area contributed by atoms with Gasteiger partial charge in [0.05, 0.1) is 36.3 Å². The van der Waals surface area contributed by atoms with E-state index in [1.54, 1.807) is 29.2 Å². The van der Waals surface area contributed by atoms with Crippen molar-refractivity contribution in [3.8, 4) is 11.5 Å². The number of aliphatic hydroxyl groups is 1. The van der Waals surface area contributed by atoms with Crippen molar-refractivity contribution in [2.45, 2.75) is 57.0 Å². The Kier molecular flexibility index (Phi) is 16.2. The van der Waals surface area contributed by atoms with E-state index in [-0.39, 0.29) is 55.0 Å². The summed E-state index contributed by atoms with van der Waals surface area (Å²) in [6.07, 6.45) is 1.97. The highest BCUT2D eigenvalue weighted by Gasteiger charge is 2.37. The van der Waals surface area contributed by atoms with E-state index >= 15 is 0 Å². The Bertz CT molecular complexity index is 2670. The third-order valence-corrected chi connectivity index (χ3v) is 12.8. The maximum Gasteiger partial charge on any atom is 0.408 e. The first kappa shape index (κ1) is 47.5. The number of esters is 1. The summed E-state index contributed by atoms with van der Waals surface area (Å²) in [6.45, 7) is 4.89. The molecule has 68 heavy (non-hydrogen) atoms. The number of rotatable bonds is 21. The zero-order chi connectivity index (χ0) is 47.2. The molecule has 3 fully saturated rings. The summed E-state index contributed by atoms with van der Waals surface area (Å²) in [7, 11) is 0. The number of nitrogens with one attached hydrogen (secondary N) is 3. The van der Waals surface area contributed by atoms with E-state index in [1.165, 1.54) is 12.1 Å². The van der Waals surface area contributed by atoms with Crippen LogP contribution in [0, 0.1) is 5.92 Å². The molecule has 4 heterocycles. The van der Waals surface area contributed by atoms with E-state index in [0.29, 0.717) is 60.7 Å². The van der Waals surface area contributed by atoms with Crippen LogP contribution < -0.4 is 20.9 Å². The van der Waals surface area contributed by atoms with Crippen LogP contribution >= 0.6 is 0 Å². The van der Waals surface area contributed by atoms with E-state index in [1.807, 2.05) is 97.1 Å². The zero-order valence-electron chi connectivity index (χ0n) is 38.1. The quantitative estimate of drug-likeness (QED) is 0.0369. The van der Waals surface area contributed by atoms with Crippen LogP contribution in [0.1, 0.15) is 76.0 Å². The molecule has 1 aromatic heterocycles. The fourth-order valence-electron chi connectivity index (χ4n) is 9.07. The number of carbonyl (C=O) groups excluding carboxylic acids is 3. The van der Waals surface area contributed by atoms with Gasteiger partial charge in [0, 0.05) is 37.6 Å². The monoisotopic (exact) mass is 921 g/mol. The van der Waals surface area contributed by atoms with Gasteiger partial charge in [-0.05, 0) is 115 Å². The van der Waals surface area contributed by atoms with Crippen LogP contribution in [0.3, 0.4) is 0 Å². The normalized spacial score (nSPS) is 17.2.